The van der Waals surface area contributed by atoms with Crippen LogP contribution >= 0.6 is 0 Å². The van der Waals surface area contributed by atoms with Crippen LogP contribution in [-0.2, 0) is 15.7 Å². The highest BCUT2D eigenvalue weighted by atomic mass is 19.4. The van der Waals surface area contributed by atoms with E-state index in [0.29, 0.717) is 31.8 Å². The number of morpholine rings is 1. The monoisotopic (exact) mass is 319 g/mol. The molecule has 7 heteroatoms. The summed E-state index contributed by atoms with van der Waals surface area (Å²) in [7, 11) is 1.52. The Hall–Kier alpha value is -1.15. The van der Waals surface area contributed by atoms with Crippen molar-refractivity contribution in [3.8, 4) is 0 Å². The van der Waals surface area contributed by atoms with E-state index in [-0.39, 0.29) is 12.7 Å². The fourth-order valence-electron chi connectivity index (χ4n) is 2.50. The third kappa shape index (κ3) is 4.67. The first kappa shape index (κ1) is 17.2. The van der Waals surface area contributed by atoms with E-state index in [4.69, 9.17) is 9.47 Å². The van der Waals surface area contributed by atoms with Gasteiger partial charge in [-0.2, -0.15) is 13.2 Å². The smallest absolute Gasteiger partial charge is 0.389 e. The van der Waals surface area contributed by atoms with Crippen molar-refractivity contribution in [2.45, 2.75) is 18.4 Å². The van der Waals surface area contributed by atoms with Gasteiger partial charge in [-0.25, -0.2) is 0 Å². The number of methoxy groups -OCH3 is 1. The molecule has 1 aliphatic heterocycles. The maximum atomic E-state index is 12.6. The highest BCUT2D eigenvalue weighted by Gasteiger charge is 2.31. The molecule has 1 aromatic rings. The van der Waals surface area contributed by atoms with Crippen molar-refractivity contribution < 1.29 is 27.8 Å². The number of β-amino-alcohol motifs (C(OH)–C–C–N with tert-alkyl or cyclic N) is 1. The van der Waals surface area contributed by atoms with Crippen LogP contribution in [0.2, 0.25) is 0 Å². The molecule has 1 saturated heterocycles. The number of ether oxygens (including phenoxy) is 2. The van der Waals surface area contributed by atoms with E-state index < -0.39 is 17.8 Å². The molecular weight excluding hydrogens is 299 g/mol. The highest BCUT2D eigenvalue weighted by molar-refractivity contribution is 5.26. The summed E-state index contributed by atoms with van der Waals surface area (Å²) in [6.45, 7) is 2.39. The number of hydrogen-bond acceptors (Lipinski definition) is 4. The quantitative estimate of drug-likeness (QED) is 0.902. The van der Waals surface area contributed by atoms with Crippen LogP contribution in [0.1, 0.15) is 17.2 Å². The van der Waals surface area contributed by atoms with Gasteiger partial charge in [-0.3, -0.25) is 4.90 Å². The molecule has 2 atom stereocenters. The summed E-state index contributed by atoms with van der Waals surface area (Å²) in [5.41, 5.74) is 0.0402. The maximum Gasteiger partial charge on any atom is 0.416 e. The van der Waals surface area contributed by atoms with Gasteiger partial charge in [0.25, 0.3) is 0 Å². The van der Waals surface area contributed by atoms with Crippen molar-refractivity contribution in [2.75, 3.05) is 40.0 Å². The second kappa shape index (κ2) is 7.41. The molecule has 0 saturated carbocycles. The Morgan fingerprint density at radius 1 is 1.36 bits per heavy atom. The van der Waals surface area contributed by atoms with Gasteiger partial charge in [0.15, 0.2) is 0 Å². The lowest BCUT2D eigenvalue weighted by molar-refractivity contribution is -0.137. The van der Waals surface area contributed by atoms with E-state index >= 15 is 0 Å². The predicted octanol–water partition coefficient (Wildman–Crippen LogP) is 2.09. The molecule has 1 heterocycles. The average Bonchev–Trinajstić information content (AvgIpc) is 2.47. The number of aliphatic hydroxyl groups is 1. The average molecular weight is 319 g/mol. The Morgan fingerprint density at radius 3 is 2.64 bits per heavy atom. The van der Waals surface area contributed by atoms with Crippen LogP contribution in [0.5, 0.6) is 0 Å². The zero-order valence-corrected chi connectivity index (χ0v) is 12.3. The molecule has 0 aromatic heterocycles. The Bertz CT molecular complexity index is 464. The number of benzene rings is 1. The number of rotatable bonds is 5. The number of aliphatic hydroxyl groups excluding tert-OH is 1. The van der Waals surface area contributed by atoms with Gasteiger partial charge in [-0.05, 0) is 17.7 Å². The van der Waals surface area contributed by atoms with Crippen LogP contribution in [0, 0.1) is 0 Å². The Labute approximate surface area is 127 Å². The maximum absolute atomic E-state index is 12.6. The predicted molar refractivity (Wildman–Crippen MR) is 74.5 cm³/mol. The Morgan fingerprint density at radius 2 is 2.05 bits per heavy atom. The standard InChI is InChI=1S/C15H20F3NO3/c1-21-10-13(20)8-19-6-7-22-14(9-19)11-2-4-12(5-3-11)15(16,17)18/h2-5,13-14,20H,6-10H2,1H3/t13-,14-/m1/s1. The van der Waals surface area contributed by atoms with E-state index in [1.54, 1.807) is 0 Å². The van der Waals surface area contributed by atoms with E-state index in [1.165, 1.54) is 19.2 Å². The molecule has 0 spiro atoms. The van der Waals surface area contributed by atoms with Gasteiger partial charge in [0.2, 0.25) is 0 Å². The third-order valence-electron chi connectivity index (χ3n) is 3.59. The first-order chi connectivity index (χ1) is 10.4. The molecule has 0 unspecified atom stereocenters. The minimum absolute atomic E-state index is 0.252. The Balaban J connectivity index is 1.97. The summed E-state index contributed by atoms with van der Waals surface area (Å²) >= 11 is 0. The summed E-state index contributed by atoms with van der Waals surface area (Å²) in [6, 6.07) is 5.03. The molecule has 0 bridgehead atoms. The van der Waals surface area contributed by atoms with Crippen LogP contribution in [-0.4, -0.2) is 56.1 Å². The molecule has 4 nitrogen and oxygen atoms in total. The second-order valence-corrected chi connectivity index (χ2v) is 5.35. The zero-order chi connectivity index (χ0) is 16.2. The van der Waals surface area contributed by atoms with Gasteiger partial charge >= 0.3 is 6.18 Å². The molecular formula is C15H20F3NO3. The summed E-state index contributed by atoms with van der Waals surface area (Å²) in [5.74, 6) is 0. The molecule has 0 aliphatic carbocycles. The van der Waals surface area contributed by atoms with E-state index in [0.717, 1.165) is 12.1 Å². The summed E-state index contributed by atoms with van der Waals surface area (Å²) in [6.07, 6.45) is -5.20. The zero-order valence-electron chi connectivity index (χ0n) is 12.3. The van der Waals surface area contributed by atoms with E-state index in [9.17, 15) is 18.3 Å². The van der Waals surface area contributed by atoms with E-state index in [1.807, 2.05) is 4.90 Å². The van der Waals surface area contributed by atoms with Crippen molar-refractivity contribution in [3.05, 3.63) is 35.4 Å². The van der Waals surface area contributed by atoms with Crippen molar-refractivity contribution >= 4 is 0 Å². The normalized spacial score (nSPS) is 21.8. The third-order valence-corrected chi connectivity index (χ3v) is 3.59. The fraction of sp³-hybridized carbons (Fsp3) is 0.600. The summed E-state index contributed by atoms with van der Waals surface area (Å²) in [5, 5.41) is 9.75. The minimum Gasteiger partial charge on any atom is -0.389 e. The van der Waals surface area contributed by atoms with Gasteiger partial charge < -0.3 is 14.6 Å². The first-order valence-electron chi connectivity index (χ1n) is 7.08. The van der Waals surface area contributed by atoms with Gasteiger partial charge in [0.1, 0.15) is 0 Å². The topological polar surface area (TPSA) is 41.9 Å². The molecule has 2 rings (SSSR count). The molecule has 124 valence electrons. The molecule has 1 aliphatic rings. The molecule has 1 fully saturated rings. The molecule has 22 heavy (non-hydrogen) atoms. The van der Waals surface area contributed by atoms with Gasteiger partial charge in [0.05, 0.1) is 31.0 Å². The van der Waals surface area contributed by atoms with Crippen LogP contribution in [0.25, 0.3) is 0 Å². The first-order valence-corrected chi connectivity index (χ1v) is 7.08. The van der Waals surface area contributed by atoms with Crippen LogP contribution in [0.3, 0.4) is 0 Å². The van der Waals surface area contributed by atoms with Gasteiger partial charge in [-0.15, -0.1) is 0 Å². The van der Waals surface area contributed by atoms with Crippen molar-refractivity contribution in [3.63, 3.8) is 0 Å². The van der Waals surface area contributed by atoms with E-state index in [2.05, 4.69) is 0 Å². The van der Waals surface area contributed by atoms with Crippen LogP contribution in [0.15, 0.2) is 24.3 Å². The lowest BCUT2D eigenvalue weighted by atomic mass is 10.0. The minimum atomic E-state index is -4.33. The number of hydrogen-bond donors (Lipinski definition) is 1. The number of alkyl halides is 3. The van der Waals surface area contributed by atoms with Crippen molar-refractivity contribution in [1.82, 2.24) is 4.90 Å². The lowest BCUT2D eigenvalue weighted by Crippen LogP contribution is -2.43. The molecule has 0 radical (unpaired) electrons. The summed E-state index contributed by atoms with van der Waals surface area (Å²) < 4.78 is 48.2. The summed E-state index contributed by atoms with van der Waals surface area (Å²) in [4.78, 5) is 2.02. The lowest BCUT2D eigenvalue weighted by Gasteiger charge is -2.34. The van der Waals surface area contributed by atoms with Crippen molar-refractivity contribution in [1.29, 1.82) is 0 Å². The number of nitrogens with zero attached hydrogens (tertiary/aromatic N) is 1. The second-order valence-electron chi connectivity index (χ2n) is 5.35. The van der Waals surface area contributed by atoms with Crippen LogP contribution < -0.4 is 0 Å². The van der Waals surface area contributed by atoms with Crippen molar-refractivity contribution in [2.24, 2.45) is 0 Å². The molecule has 0 amide bonds. The molecule has 1 N–H and O–H groups in total. The number of halogens is 3. The molecule has 1 aromatic carbocycles. The largest absolute Gasteiger partial charge is 0.416 e. The van der Waals surface area contributed by atoms with Crippen LogP contribution in [0.4, 0.5) is 13.2 Å². The van der Waals surface area contributed by atoms with Gasteiger partial charge in [-0.1, -0.05) is 12.1 Å². The fourth-order valence-corrected chi connectivity index (χ4v) is 2.50. The SMILES string of the molecule is COC[C@H](O)CN1CCO[C@@H](c2ccc(C(F)(F)F)cc2)C1. The highest BCUT2D eigenvalue weighted by Crippen LogP contribution is 2.31. The Kier molecular flexibility index (Phi) is 5.80. The van der Waals surface area contributed by atoms with Gasteiger partial charge in [0, 0.05) is 26.7 Å².